The molecule has 0 bridgehead atoms. The summed E-state index contributed by atoms with van der Waals surface area (Å²) in [7, 11) is -4.20. The quantitative estimate of drug-likeness (QED) is 0.145. The Morgan fingerprint density at radius 2 is 1.64 bits per heavy atom. The van der Waals surface area contributed by atoms with Crippen molar-refractivity contribution in [3.63, 3.8) is 0 Å². The van der Waals surface area contributed by atoms with Gasteiger partial charge in [0.25, 0.3) is 15.9 Å². The predicted molar refractivity (Wildman–Crippen MR) is 169 cm³/mol. The first-order chi connectivity index (χ1) is 21.5. The van der Waals surface area contributed by atoms with E-state index in [1.165, 1.54) is 32.0 Å². The molecule has 0 spiro atoms. The highest BCUT2D eigenvalue weighted by molar-refractivity contribution is 7.92. The molecule has 5 aromatic rings. The molecule has 12 heteroatoms. The molecule has 0 radical (unpaired) electrons. The molecule has 0 aliphatic carbocycles. The molecule has 1 amide bonds. The number of carbonyl (C=O) groups excluding carboxylic acids is 1. The van der Waals surface area contributed by atoms with E-state index in [1.807, 2.05) is 66.7 Å². The highest BCUT2D eigenvalue weighted by atomic mass is 35.5. The van der Waals surface area contributed by atoms with Crippen LogP contribution in [0.25, 0.3) is 11.1 Å². The van der Waals surface area contributed by atoms with E-state index in [9.17, 15) is 23.1 Å². The van der Waals surface area contributed by atoms with Gasteiger partial charge in [-0.1, -0.05) is 77.4 Å². The van der Waals surface area contributed by atoms with Gasteiger partial charge >= 0.3 is 5.97 Å². The summed E-state index contributed by atoms with van der Waals surface area (Å²) in [4.78, 5) is 25.4. The van der Waals surface area contributed by atoms with Gasteiger partial charge in [0.15, 0.2) is 10.7 Å². The number of nitrogens with zero attached hydrogens (tertiary/aromatic N) is 1. The maximum atomic E-state index is 13.3. The number of ether oxygens (including phenoxy) is 1. The number of nitrogens with one attached hydrogen (secondary N) is 2. The van der Waals surface area contributed by atoms with Crippen molar-refractivity contribution in [3.8, 4) is 22.6 Å². The van der Waals surface area contributed by atoms with Crippen molar-refractivity contribution in [2.75, 3.05) is 4.72 Å². The monoisotopic (exact) mass is 645 g/mol. The molecular formula is C33H28ClN3O7S. The number of carbonyl (C=O) groups is 2. The second kappa shape index (κ2) is 13.2. The minimum absolute atomic E-state index is 0.0375. The summed E-state index contributed by atoms with van der Waals surface area (Å²) in [5.74, 6) is -0.668. The van der Waals surface area contributed by atoms with Gasteiger partial charge in [0.2, 0.25) is 0 Å². The lowest BCUT2D eigenvalue weighted by Crippen LogP contribution is -2.42. The minimum atomic E-state index is -4.20. The average molecular weight is 646 g/mol. The molecule has 4 aromatic carbocycles. The van der Waals surface area contributed by atoms with Crippen molar-refractivity contribution in [3.05, 3.63) is 125 Å². The molecular weight excluding hydrogens is 618 g/mol. The lowest BCUT2D eigenvalue weighted by Gasteiger charge is -2.18. The number of sulfonamides is 1. The summed E-state index contributed by atoms with van der Waals surface area (Å²) in [6.45, 7) is 2.92. The standard InChI is InChI=1S/C33H28ClN3O7S/c1-20-31(21(2)44-36-20)45(41,42)37-28-17-16-24(34)19-27(28)32(38)35-29(33(39)40)18-22-12-14-23(15-13-22)26-10-6-7-11-30(26)43-25-8-4-3-5-9-25/h3-17,19,29,37H,18H2,1-2H3,(H,35,38)(H,39,40)/t29-/m0/s1. The maximum absolute atomic E-state index is 13.3. The molecule has 230 valence electrons. The Kier molecular flexibility index (Phi) is 9.21. The fourth-order valence-corrected chi connectivity index (χ4v) is 6.33. The van der Waals surface area contributed by atoms with Crippen molar-refractivity contribution in [1.82, 2.24) is 10.5 Å². The van der Waals surface area contributed by atoms with Crippen LogP contribution < -0.4 is 14.8 Å². The molecule has 45 heavy (non-hydrogen) atoms. The predicted octanol–water partition coefficient (Wildman–Crippen LogP) is 6.63. The van der Waals surface area contributed by atoms with Crippen LogP contribution in [0.5, 0.6) is 11.5 Å². The van der Waals surface area contributed by atoms with Crippen LogP contribution in [0.2, 0.25) is 5.02 Å². The van der Waals surface area contributed by atoms with E-state index in [0.29, 0.717) is 17.1 Å². The molecule has 0 saturated carbocycles. The van der Waals surface area contributed by atoms with Crippen LogP contribution in [0.15, 0.2) is 106 Å². The van der Waals surface area contributed by atoms with Gasteiger partial charge in [0.05, 0.1) is 11.3 Å². The molecule has 5 rings (SSSR count). The number of hydrogen-bond donors (Lipinski definition) is 3. The molecule has 10 nitrogen and oxygen atoms in total. The van der Waals surface area contributed by atoms with Gasteiger partial charge < -0.3 is 19.7 Å². The van der Waals surface area contributed by atoms with Crippen LogP contribution in [-0.4, -0.2) is 36.6 Å². The highest BCUT2D eigenvalue weighted by Crippen LogP contribution is 2.33. The third-order valence-electron chi connectivity index (χ3n) is 6.87. The summed E-state index contributed by atoms with van der Waals surface area (Å²) in [5, 5.41) is 16.3. The van der Waals surface area contributed by atoms with Gasteiger partial charge in [0.1, 0.15) is 23.2 Å². The third-order valence-corrected chi connectivity index (χ3v) is 8.72. The number of carboxylic acids is 1. The summed E-state index contributed by atoms with van der Waals surface area (Å²) in [6.07, 6.45) is -0.0375. The number of carboxylic acid groups (broad SMARTS) is 1. The number of para-hydroxylation sites is 2. The fraction of sp³-hybridized carbons (Fsp3) is 0.121. The van der Waals surface area contributed by atoms with Crippen molar-refractivity contribution < 1.29 is 32.4 Å². The van der Waals surface area contributed by atoms with Crippen LogP contribution in [0, 0.1) is 13.8 Å². The first-order valence-corrected chi connectivity index (χ1v) is 15.6. The smallest absolute Gasteiger partial charge is 0.326 e. The molecule has 0 aliphatic rings. The van der Waals surface area contributed by atoms with E-state index in [4.69, 9.17) is 20.9 Å². The van der Waals surface area contributed by atoms with Gasteiger partial charge in [-0.15, -0.1) is 0 Å². The number of aryl methyl sites for hydroxylation is 2. The molecule has 1 atom stereocenters. The molecule has 0 fully saturated rings. The van der Waals surface area contributed by atoms with E-state index < -0.39 is 27.9 Å². The average Bonchev–Trinajstić information content (AvgIpc) is 3.37. The maximum Gasteiger partial charge on any atom is 0.326 e. The van der Waals surface area contributed by atoms with Crippen molar-refractivity contribution in [2.24, 2.45) is 0 Å². The number of benzene rings is 4. The Hall–Kier alpha value is -5.13. The van der Waals surface area contributed by atoms with Crippen LogP contribution in [0.3, 0.4) is 0 Å². The van der Waals surface area contributed by atoms with Gasteiger partial charge in [-0.25, -0.2) is 13.2 Å². The first-order valence-electron chi connectivity index (χ1n) is 13.7. The number of hydrogen-bond acceptors (Lipinski definition) is 7. The lowest BCUT2D eigenvalue weighted by atomic mass is 9.99. The van der Waals surface area contributed by atoms with E-state index in [0.717, 1.165) is 11.1 Å². The molecule has 1 aromatic heterocycles. The highest BCUT2D eigenvalue weighted by Gasteiger charge is 2.28. The largest absolute Gasteiger partial charge is 0.480 e. The lowest BCUT2D eigenvalue weighted by molar-refractivity contribution is -0.139. The van der Waals surface area contributed by atoms with Crippen molar-refractivity contribution in [2.45, 2.75) is 31.2 Å². The Morgan fingerprint density at radius 1 is 0.956 bits per heavy atom. The second-order valence-corrected chi connectivity index (χ2v) is 12.2. The number of anilines is 1. The van der Waals surface area contributed by atoms with E-state index in [-0.39, 0.29) is 39.0 Å². The molecule has 0 unspecified atom stereocenters. The summed E-state index contributed by atoms with van der Waals surface area (Å²) in [6, 6.07) is 26.9. The topological polar surface area (TPSA) is 148 Å². The van der Waals surface area contributed by atoms with Gasteiger partial charge in [0, 0.05) is 17.0 Å². The van der Waals surface area contributed by atoms with Gasteiger partial charge in [-0.05, 0) is 61.4 Å². The van der Waals surface area contributed by atoms with Crippen LogP contribution in [0.4, 0.5) is 5.69 Å². The van der Waals surface area contributed by atoms with E-state index in [1.54, 1.807) is 12.1 Å². The second-order valence-electron chi connectivity index (χ2n) is 10.1. The number of halogens is 1. The number of amides is 1. The fourth-order valence-electron chi connectivity index (χ4n) is 4.75. The SMILES string of the molecule is Cc1noc(C)c1S(=O)(=O)Nc1ccc(Cl)cc1C(=O)N[C@@H](Cc1ccc(-c2ccccc2Oc2ccccc2)cc1)C(=O)O. The Labute approximate surface area is 264 Å². The summed E-state index contributed by atoms with van der Waals surface area (Å²) >= 11 is 6.13. The Balaban J connectivity index is 1.33. The number of aromatic nitrogens is 1. The first kappa shape index (κ1) is 31.3. The molecule has 0 saturated heterocycles. The van der Waals surface area contributed by atoms with E-state index >= 15 is 0 Å². The zero-order valence-corrected chi connectivity index (χ0v) is 25.7. The van der Waals surface area contributed by atoms with Crippen molar-refractivity contribution in [1.29, 1.82) is 0 Å². The Morgan fingerprint density at radius 3 is 2.31 bits per heavy atom. The van der Waals surface area contributed by atoms with Crippen molar-refractivity contribution >= 4 is 39.2 Å². The van der Waals surface area contributed by atoms with Gasteiger partial charge in [-0.2, -0.15) is 0 Å². The van der Waals surface area contributed by atoms with Crippen LogP contribution in [-0.2, 0) is 21.2 Å². The van der Waals surface area contributed by atoms with E-state index in [2.05, 4.69) is 15.2 Å². The Bertz CT molecular complexity index is 1940. The van der Waals surface area contributed by atoms with Crippen LogP contribution >= 0.6 is 11.6 Å². The van der Waals surface area contributed by atoms with Gasteiger partial charge in [-0.3, -0.25) is 9.52 Å². The van der Waals surface area contributed by atoms with Crippen LogP contribution in [0.1, 0.15) is 27.4 Å². The number of aliphatic carboxylic acids is 1. The zero-order valence-electron chi connectivity index (χ0n) is 24.2. The number of rotatable bonds is 11. The molecule has 1 heterocycles. The zero-order chi connectivity index (χ0) is 32.1. The molecule has 3 N–H and O–H groups in total. The molecule has 0 aliphatic heterocycles. The normalized spacial score (nSPS) is 11.9. The minimum Gasteiger partial charge on any atom is -0.480 e. The summed E-state index contributed by atoms with van der Waals surface area (Å²) < 4.78 is 39.6. The third kappa shape index (κ3) is 7.34. The summed E-state index contributed by atoms with van der Waals surface area (Å²) in [5.41, 5.74) is 2.25.